The fourth-order valence-electron chi connectivity index (χ4n) is 2.08. The van der Waals surface area contributed by atoms with Crippen LogP contribution in [0.25, 0.3) is 0 Å². The summed E-state index contributed by atoms with van der Waals surface area (Å²) in [7, 11) is -3.50. The summed E-state index contributed by atoms with van der Waals surface area (Å²) in [6.07, 6.45) is -1.75. The Morgan fingerprint density at radius 3 is 2.09 bits per heavy atom. The summed E-state index contributed by atoms with van der Waals surface area (Å²) in [5.74, 6) is 0. The minimum Gasteiger partial charge on any atom is -0.243 e. The predicted molar refractivity (Wildman–Crippen MR) is 77.0 cm³/mol. The lowest BCUT2D eigenvalue weighted by Gasteiger charge is -2.29. The molecule has 0 aliphatic heterocycles. The van der Waals surface area contributed by atoms with E-state index in [-0.39, 0.29) is 9.87 Å². The number of halogens is 3. The molecule has 1 atom stereocenters. The van der Waals surface area contributed by atoms with Crippen LogP contribution < -0.4 is 0 Å². The van der Waals surface area contributed by atoms with E-state index in [4.69, 9.17) is 0 Å². The molecule has 0 bridgehead atoms. The summed E-state index contributed by atoms with van der Waals surface area (Å²) in [4.78, 5) is 6.68. The van der Waals surface area contributed by atoms with E-state index in [0.717, 1.165) is 31.3 Å². The van der Waals surface area contributed by atoms with Gasteiger partial charge in [-0.05, 0) is 12.5 Å². The van der Waals surface area contributed by atoms with Crippen LogP contribution in [0.1, 0.15) is 17.2 Å². The van der Waals surface area contributed by atoms with Crippen molar-refractivity contribution in [3.05, 3.63) is 54.1 Å². The third-order valence-electron chi connectivity index (χ3n) is 3.28. The van der Waals surface area contributed by atoms with E-state index < -0.39 is 27.1 Å². The van der Waals surface area contributed by atoms with Crippen LogP contribution in [0.15, 0.2) is 47.9 Å². The summed E-state index contributed by atoms with van der Waals surface area (Å²) < 4.78 is 65.5. The number of benzene rings is 1. The van der Waals surface area contributed by atoms with Crippen molar-refractivity contribution in [2.45, 2.75) is 24.0 Å². The topological polar surface area (TPSA) is 63.2 Å². The average molecular weight is 345 g/mol. The van der Waals surface area contributed by atoms with Gasteiger partial charge in [0.2, 0.25) is 10.0 Å². The van der Waals surface area contributed by atoms with Crippen LogP contribution in [-0.4, -0.2) is 35.9 Å². The Hall–Kier alpha value is -2.00. The van der Waals surface area contributed by atoms with Crippen LogP contribution in [0.2, 0.25) is 0 Å². The Bertz CT molecular complexity index is 762. The fourth-order valence-corrected chi connectivity index (χ4v) is 3.32. The van der Waals surface area contributed by atoms with Crippen LogP contribution in [0.3, 0.4) is 0 Å². The molecule has 2 aromatic rings. The molecule has 2 rings (SSSR count). The van der Waals surface area contributed by atoms with Crippen LogP contribution in [-0.2, 0) is 10.0 Å². The van der Waals surface area contributed by atoms with E-state index in [9.17, 15) is 21.6 Å². The lowest BCUT2D eigenvalue weighted by molar-refractivity contribution is -0.171. The van der Waals surface area contributed by atoms with E-state index in [2.05, 4.69) is 9.97 Å². The quantitative estimate of drug-likeness (QED) is 0.855. The Kier molecular flexibility index (Phi) is 4.71. The van der Waals surface area contributed by atoms with Crippen molar-refractivity contribution in [2.24, 2.45) is 0 Å². The highest BCUT2D eigenvalue weighted by Gasteiger charge is 2.47. The maximum atomic E-state index is 13.5. The van der Waals surface area contributed by atoms with Gasteiger partial charge in [-0.3, -0.25) is 0 Å². The Morgan fingerprint density at radius 1 is 1.09 bits per heavy atom. The third kappa shape index (κ3) is 3.67. The summed E-state index contributed by atoms with van der Waals surface area (Å²) in [6.45, 7) is 1.73. The molecule has 1 unspecified atom stereocenters. The van der Waals surface area contributed by atoms with Gasteiger partial charge in [0.1, 0.15) is 17.3 Å². The van der Waals surface area contributed by atoms with Gasteiger partial charge >= 0.3 is 6.18 Å². The summed E-state index contributed by atoms with van der Waals surface area (Å²) in [5.41, 5.74) is 0.614. The second kappa shape index (κ2) is 6.25. The first-order chi connectivity index (χ1) is 10.6. The largest absolute Gasteiger partial charge is 0.409 e. The van der Waals surface area contributed by atoms with E-state index >= 15 is 0 Å². The standard InChI is InChI=1S/C14H14F3N3O2S/c1-10-3-5-11(6-4-10)13(14(15,16)17)20(2)23(21,22)12-7-18-9-19-8-12/h3-9,13H,1-2H3. The number of alkyl halides is 3. The molecule has 1 aromatic carbocycles. The number of sulfonamides is 1. The molecule has 0 N–H and O–H groups in total. The SMILES string of the molecule is Cc1ccc(C(N(C)S(=O)(=O)c2cncnc2)C(F)(F)F)cc1. The highest BCUT2D eigenvalue weighted by Crippen LogP contribution is 2.39. The van der Waals surface area contributed by atoms with Crippen LogP contribution in [0.5, 0.6) is 0 Å². The maximum Gasteiger partial charge on any atom is 0.409 e. The van der Waals surface area contributed by atoms with Gasteiger partial charge in [0.15, 0.2) is 0 Å². The summed E-state index contributed by atoms with van der Waals surface area (Å²) in [5, 5.41) is 0. The van der Waals surface area contributed by atoms with Gasteiger partial charge in [0.25, 0.3) is 0 Å². The fraction of sp³-hybridized carbons (Fsp3) is 0.286. The van der Waals surface area contributed by atoms with Crippen molar-refractivity contribution in [3.63, 3.8) is 0 Å². The number of hydrogen-bond acceptors (Lipinski definition) is 4. The summed E-state index contributed by atoms with van der Waals surface area (Å²) >= 11 is 0. The first-order valence-corrected chi connectivity index (χ1v) is 7.94. The minimum atomic E-state index is -4.77. The zero-order valence-electron chi connectivity index (χ0n) is 12.3. The Balaban J connectivity index is 2.50. The van der Waals surface area contributed by atoms with Crippen molar-refractivity contribution in [3.8, 4) is 0 Å². The number of hydrogen-bond donors (Lipinski definition) is 0. The first kappa shape index (κ1) is 17.4. The van der Waals surface area contributed by atoms with Crippen molar-refractivity contribution in [2.75, 3.05) is 7.05 Å². The van der Waals surface area contributed by atoms with Gasteiger partial charge in [0.05, 0.1) is 12.4 Å². The molecule has 0 aliphatic rings. The molecular weight excluding hydrogens is 331 g/mol. The third-order valence-corrected chi connectivity index (χ3v) is 5.06. The number of aryl methyl sites for hydroxylation is 1. The Labute approximate surface area is 131 Å². The van der Waals surface area contributed by atoms with Crippen molar-refractivity contribution >= 4 is 10.0 Å². The lowest BCUT2D eigenvalue weighted by Crippen LogP contribution is -2.39. The van der Waals surface area contributed by atoms with E-state index in [1.807, 2.05) is 0 Å². The van der Waals surface area contributed by atoms with Crippen molar-refractivity contribution < 1.29 is 21.6 Å². The number of rotatable bonds is 4. The van der Waals surface area contributed by atoms with E-state index in [0.29, 0.717) is 0 Å². The van der Waals surface area contributed by atoms with Crippen LogP contribution in [0, 0.1) is 6.92 Å². The molecule has 0 spiro atoms. The minimum absolute atomic E-state index is 0.161. The molecule has 1 aromatic heterocycles. The zero-order chi connectivity index (χ0) is 17.3. The molecule has 0 fully saturated rings. The van der Waals surface area contributed by atoms with Crippen molar-refractivity contribution in [1.29, 1.82) is 0 Å². The molecule has 1 heterocycles. The highest BCUT2D eigenvalue weighted by molar-refractivity contribution is 7.89. The van der Waals surface area contributed by atoms with Crippen LogP contribution >= 0.6 is 0 Å². The molecule has 5 nitrogen and oxygen atoms in total. The first-order valence-electron chi connectivity index (χ1n) is 6.50. The number of aromatic nitrogens is 2. The van der Waals surface area contributed by atoms with Gasteiger partial charge < -0.3 is 0 Å². The van der Waals surface area contributed by atoms with E-state index in [1.54, 1.807) is 6.92 Å². The van der Waals surface area contributed by atoms with Gasteiger partial charge in [0, 0.05) is 7.05 Å². The number of nitrogens with zero attached hydrogens (tertiary/aromatic N) is 3. The molecule has 0 amide bonds. The average Bonchev–Trinajstić information content (AvgIpc) is 2.49. The van der Waals surface area contributed by atoms with E-state index in [1.165, 1.54) is 24.3 Å². The highest BCUT2D eigenvalue weighted by atomic mass is 32.2. The molecule has 0 saturated carbocycles. The zero-order valence-corrected chi connectivity index (χ0v) is 13.1. The monoisotopic (exact) mass is 345 g/mol. The second-order valence-corrected chi connectivity index (χ2v) is 6.95. The Morgan fingerprint density at radius 2 is 1.61 bits per heavy atom. The maximum absolute atomic E-state index is 13.5. The smallest absolute Gasteiger partial charge is 0.243 e. The van der Waals surface area contributed by atoms with Crippen molar-refractivity contribution in [1.82, 2.24) is 14.3 Å². The lowest BCUT2D eigenvalue weighted by atomic mass is 10.1. The second-order valence-electron chi connectivity index (χ2n) is 4.95. The van der Waals surface area contributed by atoms with Gasteiger partial charge in [-0.15, -0.1) is 0 Å². The molecule has 9 heteroatoms. The summed E-state index contributed by atoms with van der Waals surface area (Å²) in [6, 6.07) is 3.23. The predicted octanol–water partition coefficient (Wildman–Crippen LogP) is 2.71. The van der Waals surface area contributed by atoms with Crippen LogP contribution in [0.4, 0.5) is 13.2 Å². The van der Waals surface area contributed by atoms with Gasteiger partial charge in [-0.1, -0.05) is 29.8 Å². The van der Waals surface area contributed by atoms with Gasteiger partial charge in [-0.25, -0.2) is 18.4 Å². The normalized spacial score (nSPS) is 14.0. The molecule has 0 saturated heterocycles. The van der Waals surface area contributed by atoms with Gasteiger partial charge in [-0.2, -0.15) is 17.5 Å². The molecule has 23 heavy (non-hydrogen) atoms. The molecule has 124 valence electrons. The molecular formula is C14H14F3N3O2S. The molecule has 0 radical (unpaired) electrons. The molecule has 0 aliphatic carbocycles.